The monoisotopic (exact) mass is 368 g/mol. The summed E-state index contributed by atoms with van der Waals surface area (Å²) in [6.07, 6.45) is 3.98. The van der Waals surface area contributed by atoms with Crippen LogP contribution in [-0.4, -0.2) is 40.7 Å². The summed E-state index contributed by atoms with van der Waals surface area (Å²) in [6.45, 7) is 1.98. The van der Waals surface area contributed by atoms with Crippen LogP contribution in [0, 0.1) is 5.92 Å². The summed E-state index contributed by atoms with van der Waals surface area (Å²) in [7, 11) is 0. The quantitative estimate of drug-likeness (QED) is 0.806. The van der Waals surface area contributed by atoms with E-state index in [1.165, 1.54) is 16.9 Å². The Bertz CT molecular complexity index is 756. The Morgan fingerprint density at radius 3 is 2.58 bits per heavy atom. The van der Waals surface area contributed by atoms with Gasteiger partial charge in [-0.05, 0) is 42.7 Å². The number of nitrogens with zero attached hydrogens (tertiary/aromatic N) is 2. The summed E-state index contributed by atoms with van der Waals surface area (Å²) < 4.78 is 0. The van der Waals surface area contributed by atoms with E-state index in [9.17, 15) is 9.59 Å². The first kappa shape index (κ1) is 17.3. The SMILES string of the molecule is O=C(c1cccs1)N1CCCC(C(=O)N(Cc2ccccc2)C2CC2)C1. The number of hydrogen-bond acceptors (Lipinski definition) is 3. The molecule has 1 atom stereocenters. The van der Waals surface area contributed by atoms with E-state index in [2.05, 4.69) is 17.0 Å². The Labute approximate surface area is 158 Å². The molecule has 4 nitrogen and oxygen atoms in total. The topological polar surface area (TPSA) is 40.6 Å². The van der Waals surface area contributed by atoms with Crippen LogP contribution in [0.5, 0.6) is 0 Å². The molecule has 1 saturated heterocycles. The molecule has 0 N–H and O–H groups in total. The number of thiophene rings is 1. The first-order valence-corrected chi connectivity index (χ1v) is 10.3. The first-order valence-electron chi connectivity index (χ1n) is 9.39. The van der Waals surface area contributed by atoms with E-state index < -0.39 is 0 Å². The largest absolute Gasteiger partial charge is 0.337 e. The van der Waals surface area contributed by atoms with Gasteiger partial charge in [-0.25, -0.2) is 0 Å². The second kappa shape index (κ2) is 7.62. The minimum Gasteiger partial charge on any atom is -0.337 e. The third-order valence-corrected chi connectivity index (χ3v) is 6.11. The number of carbonyl (C=O) groups excluding carboxylic acids is 2. The van der Waals surface area contributed by atoms with Crippen molar-refractivity contribution < 1.29 is 9.59 Å². The zero-order chi connectivity index (χ0) is 17.9. The fraction of sp³-hybridized carbons (Fsp3) is 0.429. The van der Waals surface area contributed by atoms with Crippen LogP contribution in [0.1, 0.15) is 40.9 Å². The molecule has 5 heteroatoms. The Morgan fingerprint density at radius 1 is 1.08 bits per heavy atom. The van der Waals surface area contributed by atoms with Gasteiger partial charge < -0.3 is 9.80 Å². The summed E-state index contributed by atoms with van der Waals surface area (Å²) in [5.74, 6) is 0.218. The van der Waals surface area contributed by atoms with Gasteiger partial charge in [-0.15, -0.1) is 11.3 Å². The summed E-state index contributed by atoms with van der Waals surface area (Å²) in [4.78, 5) is 30.6. The highest BCUT2D eigenvalue weighted by molar-refractivity contribution is 7.12. The van der Waals surface area contributed by atoms with Crippen molar-refractivity contribution in [1.29, 1.82) is 0 Å². The number of rotatable bonds is 5. The van der Waals surface area contributed by atoms with E-state index in [0.29, 0.717) is 19.1 Å². The molecular weight excluding hydrogens is 344 g/mol. The minimum atomic E-state index is -0.0722. The van der Waals surface area contributed by atoms with Crippen LogP contribution in [0.3, 0.4) is 0 Å². The van der Waals surface area contributed by atoms with E-state index >= 15 is 0 Å². The molecule has 4 rings (SSSR count). The Hall–Kier alpha value is -2.14. The normalized spacial score (nSPS) is 20.0. The molecule has 2 aliphatic rings. The van der Waals surface area contributed by atoms with Gasteiger partial charge >= 0.3 is 0 Å². The zero-order valence-electron chi connectivity index (χ0n) is 14.8. The second-order valence-electron chi connectivity index (χ2n) is 7.25. The predicted octanol–water partition coefficient (Wildman–Crippen LogP) is 3.79. The van der Waals surface area contributed by atoms with Crippen LogP contribution in [0.15, 0.2) is 47.8 Å². The number of likely N-dealkylation sites (tertiary alicyclic amines) is 1. The molecule has 1 aliphatic heterocycles. The number of piperidine rings is 1. The zero-order valence-corrected chi connectivity index (χ0v) is 15.7. The van der Waals surface area contributed by atoms with Gasteiger partial charge in [0.15, 0.2) is 0 Å². The standard InChI is InChI=1S/C21H24N2O2S/c24-20(23(18-10-11-18)14-16-6-2-1-3-7-16)17-8-4-12-22(15-17)21(25)19-9-5-13-26-19/h1-3,5-7,9,13,17-18H,4,8,10-12,14-15H2. The number of carbonyl (C=O) groups is 2. The summed E-state index contributed by atoms with van der Waals surface area (Å²) in [6, 6.07) is 14.4. The number of benzene rings is 1. The molecule has 1 aromatic heterocycles. The van der Waals surface area contributed by atoms with Crippen molar-refractivity contribution in [2.75, 3.05) is 13.1 Å². The van der Waals surface area contributed by atoms with Crippen molar-refractivity contribution in [3.63, 3.8) is 0 Å². The molecular formula is C21H24N2O2S. The van der Waals surface area contributed by atoms with E-state index in [4.69, 9.17) is 0 Å². The highest BCUT2D eigenvalue weighted by atomic mass is 32.1. The molecule has 1 aliphatic carbocycles. The molecule has 1 unspecified atom stereocenters. The van der Waals surface area contributed by atoms with E-state index in [0.717, 1.165) is 37.1 Å². The molecule has 2 aromatic rings. The highest BCUT2D eigenvalue weighted by Gasteiger charge is 2.38. The van der Waals surface area contributed by atoms with Crippen LogP contribution in [0.25, 0.3) is 0 Å². The van der Waals surface area contributed by atoms with Gasteiger partial charge in [0.05, 0.1) is 10.8 Å². The van der Waals surface area contributed by atoms with Gasteiger partial charge in [0, 0.05) is 25.7 Å². The predicted molar refractivity (Wildman–Crippen MR) is 103 cm³/mol. The highest BCUT2D eigenvalue weighted by Crippen LogP contribution is 2.32. The Morgan fingerprint density at radius 2 is 1.88 bits per heavy atom. The van der Waals surface area contributed by atoms with Crippen LogP contribution in [-0.2, 0) is 11.3 Å². The maximum absolute atomic E-state index is 13.2. The molecule has 0 spiro atoms. The van der Waals surface area contributed by atoms with Crippen molar-refractivity contribution in [2.45, 2.75) is 38.3 Å². The van der Waals surface area contributed by atoms with Gasteiger partial charge in [0.25, 0.3) is 5.91 Å². The lowest BCUT2D eigenvalue weighted by Gasteiger charge is -2.35. The maximum Gasteiger partial charge on any atom is 0.263 e. The summed E-state index contributed by atoms with van der Waals surface area (Å²) in [5.41, 5.74) is 1.18. The van der Waals surface area contributed by atoms with Crippen LogP contribution in [0.2, 0.25) is 0 Å². The van der Waals surface area contributed by atoms with Gasteiger partial charge in [0.2, 0.25) is 5.91 Å². The lowest BCUT2D eigenvalue weighted by Crippen LogP contribution is -2.47. The molecule has 0 radical (unpaired) electrons. The minimum absolute atomic E-state index is 0.0681. The second-order valence-corrected chi connectivity index (χ2v) is 8.20. The third-order valence-electron chi connectivity index (χ3n) is 5.26. The average Bonchev–Trinajstić information content (AvgIpc) is 3.39. The van der Waals surface area contributed by atoms with Gasteiger partial charge in [-0.3, -0.25) is 9.59 Å². The number of amides is 2. The molecule has 136 valence electrons. The van der Waals surface area contributed by atoms with Gasteiger partial charge in [-0.2, -0.15) is 0 Å². The van der Waals surface area contributed by atoms with Crippen molar-refractivity contribution in [1.82, 2.24) is 9.80 Å². The van der Waals surface area contributed by atoms with Gasteiger partial charge in [-0.1, -0.05) is 36.4 Å². The summed E-state index contributed by atoms with van der Waals surface area (Å²) >= 11 is 1.47. The van der Waals surface area contributed by atoms with Crippen molar-refractivity contribution >= 4 is 23.2 Å². The molecule has 2 heterocycles. The van der Waals surface area contributed by atoms with E-state index in [-0.39, 0.29) is 17.7 Å². The first-order chi connectivity index (χ1) is 12.7. The molecule has 26 heavy (non-hydrogen) atoms. The van der Waals surface area contributed by atoms with Crippen LogP contribution >= 0.6 is 11.3 Å². The fourth-order valence-electron chi connectivity index (χ4n) is 3.71. The summed E-state index contributed by atoms with van der Waals surface area (Å²) in [5, 5.41) is 1.93. The number of hydrogen-bond donors (Lipinski definition) is 0. The van der Waals surface area contributed by atoms with E-state index in [1.54, 1.807) is 0 Å². The van der Waals surface area contributed by atoms with Crippen LogP contribution in [0.4, 0.5) is 0 Å². The third kappa shape index (κ3) is 3.83. The molecule has 2 fully saturated rings. The lowest BCUT2D eigenvalue weighted by molar-refractivity contribution is -0.138. The molecule has 1 saturated carbocycles. The van der Waals surface area contributed by atoms with Gasteiger partial charge in [0.1, 0.15) is 0 Å². The molecule has 2 amide bonds. The Kier molecular flexibility index (Phi) is 5.07. The van der Waals surface area contributed by atoms with E-state index in [1.807, 2.05) is 40.6 Å². The smallest absolute Gasteiger partial charge is 0.263 e. The van der Waals surface area contributed by atoms with Crippen molar-refractivity contribution in [2.24, 2.45) is 5.92 Å². The molecule has 0 bridgehead atoms. The lowest BCUT2D eigenvalue weighted by atomic mass is 9.96. The van der Waals surface area contributed by atoms with Crippen molar-refractivity contribution in [3.05, 3.63) is 58.3 Å². The van der Waals surface area contributed by atoms with Crippen molar-refractivity contribution in [3.8, 4) is 0 Å². The maximum atomic E-state index is 13.2. The van der Waals surface area contributed by atoms with Crippen LogP contribution < -0.4 is 0 Å². The average molecular weight is 369 g/mol. The fourth-order valence-corrected chi connectivity index (χ4v) is 4.40. The molecule has 1 aromatic carbocycles. The Balaban J connectivity index is 1.44.